The Balaban J connectivity index is 1.71. The van der Waals surface area contributed by atoms with Gasteiger partial charge in [-0.3, -0.25) is 5.10 Å². The minimum Gasteiger partial charge on any atom is -0.493 e. The molecule has 27 heavy (non-hydrogen) atoms. The van der Waals surface area contributed by atoms with Gasteiger partial charge in [0.05, 0.1) is 7.11 Å². The van der Waals surface area contributed by atoms with Crippen LogP contribution < -0.4 is 9.47 Å². The topological polar surface area (TPSA) is 50.4 Å². The highest BCUT2D eigenvalue weighted by Crippen LogP contribution is 2.40. The van der Waals surface area contributed by atoms with Crippen LogP contribution in [-0.4, -0.2) is 35.8 Å². The van der Waals surface area contributed by atoms with E-state index in [9.17, 15) is 0 Å². The van der Waals surface area contributed by atoms with E-state index in [0.29, 0.717) is 6.61 Å². The van der Waals surface area contributed by atoms with Gasteiger partial charge in [-0.15, -0.1) is 0 Å². The molecule has 0 spiro atoms. The van der Waals surface area contributed by atoms with Crippen LogP contribution >= 0.6 is 0 Å². The Hall–Kier alpha value is -2.79. The molecule has 140 valence electrons. The van der Waals surface area contributed by atoms with Gasteiger partial charge in [0.2, 0.25) is 0 Å². The lowest BCUT2D eigenvalue weighted by atomic mass is 10.0. The number of likely N-dealkylation sites (N-methyl/N-ethyl adjacent to an activating group) is 1. The van der Waals surface area contributed by atoms with E-state index in [4.69, 9.17) is 9.47 Å². The van der Waals surface area contributed by atoms with Crippen LogP contribution in [0.2, 0.25) is 0 Å². The fourth-order valence-corrected chi connectivity index (χ4v) is 3.62. The second kappa shape index (κ2) is 7.45. The summed E-state index contributed by atoms with van der Waals surface area (Å²) in [5.74, 6) is 1.46. The molecule has 0 saturated heterocycles. The third-order valence-corrected chi connectivity index (χ3v) is 5.04. The van der Waals surface area contributed by atoms with Gasteiger partial charge < -0.3 is 14.4 Å². The number of rotatable bonds is 5. The zero-order valence-electron chi connectivity index (χ0n) is 16.1. The minimum absolute atomic E-state index is 0.488. The molecular weight excluding hydrogens is 338 g/mol. The van der Waals surface area contributed by atoms with E-state index in [-0.39, 0.29) is 0 Å². The Morgan fingerprint density at radius 2 is 2.04 bits per heavy atom. The maximum Gasteiger partial charge on any atom is 0.171 e. The average molecular weight is 363 g/mol. The van der Waals surface area contributed by atoms with Crippen molar-refractivity contribution in [2.45, 2.75) is 26.5 Å². The highest BCUT2D eigenvalue weighted by molar-refractivity contribution is 5.74. The van der Waals surface area contributed by atoms with Gasteiger partial charge >= 0.3 is 0 Å². The molecule has 2 heterocycles. The molecule has 0 unspecified atom stereocenters. The number of hydrogen-bond donors (Lipinski definition) is 1. The SMILES string of the molecule is COc1cccc(-c2n[nH]c3c2CN(C)CC3)c1OCc1cccc(C)c1. The number of hydrogen-bond acceptors (Lipinski definition) is 4. The standard InChI is InChI=1S/C22H25N3O2/c1-15-6-4-7-16(12-15)14-27-22-17(8-5-9-20(22)26-3)21-18-13-25(2)11-10-19(18)23-24-21/h4-9,12H,10-11,13-14H2,1-3H3,(H,23,24). The number of nitrogens with one attached hydrogen (secondary N) is 1. The van der Waals surface area contributed by atoms with Crippen LogP contribution in [0.4, 0.5) is 0 Å². The van der Waals surface area contributed by atoms with Crippen molar-refractivity contribution in [2.75, 3.05) is 20.7 Å². The summed E-state index contributed by atoms with van der Waals surface area (Å²) in [6.07, 6.45) is 0.988. The molecule has 0 bridgehead atoms. The number of aryl methyl sites for hydroxylation is 1. The number of H-pyrrole nitrogens is 1. The molecule has 1 N–H and O–H groups in total. The number of aromatic nitrogens is 2. The lowest BCUT2D eigenvalue weighted by Crippen LogP contribution is -2.26. The van der Waals surface area contributed by atoms with Crippen molar-refractivity contribution in [3.05, 3.63) is 64.8 Å². The van der Waals surface area contributed by atoms with Crippen molar-refractivity contribution in [2.24, 2.45) is 0 Å². The summed E-state index contributed by atoms with van der Waals surface area (Å²) in [6.45, 7) is 4.51. The summed E-state index contributed by atoms with van der Waals surface area (Å²) < 4.78 is 11.8. The maximum absolute atomic E-state index is 6.25. The van der Waals surface area contributed by atoms with Crippen LogP contribution in [0.5, 0.6) is 11.5 Å². The maximum atomic E-state index is 6.25. The first-order valence-electron chi connectivity index (χ1n) is 9.26. The molecule has 0 saturated carbocycles. The van der Waals surface area contributed by atoms with E-state index in [1.807, 2.05) is 12.1 Å². The zero-order valence-corrected chi connectivity index (χ0v) is 16.1. The third kappa shape index (κ3) is 3.55. The van der Waals surface area contributed by atoms with E-state index >= 15 is 0 Å². The normalized spacial score (nSPS) is 14.0. The monoisotopic (exact) mass is 363 g/mol. The molecule has 0 radical (unpaired) electrons. The van der Waals surface area contributed by atoms with Gasteiger partial charge in [-0.05, 0) is 31.7 Å². The minimum atomic E-state index is 0.488. The predicted octanol–water partition coefficient (Wildman–Crippen LogP) is 3.96. The van der Waals surface area contributed by atoms with Gasteiger partial charge in [0.15, 0.2) is 11.5 Å². The first kappa shape index (κ1) is 17.6. The fraction of sp³-hybridized carbons (Fsp3) is 0.318. The van der Waals surface area contributed by atoms with Gasteiger partial charge in [0, 0.05) is 36.3 Å². The molecule has 0 aliphatic carbocycles. The Labute approximate surface area is 159 Å². The number of aromatic amines is 1. The molecule has 1 aromatic heterocycles. The second-order valence-corrected chi connectivity index (χ2v) is 7.13. The summed E-state index contributed by atoms with van der Waals surface area (Å²) in [7, 11) is 3.81. The van der Waals surface area contributed by atoms with Gasteiger partial charge in [-0.25, -0.2) is 0 Å². The van der Waals surface area contributed by atoms with E-state index in [2.05, 4.69) is 59.4 Å². The summed E-state index contributed by atoms with van der Waals surface area (Å²) in [5.41, 5.74) is 6.74. The van der Waals surface area contributed by atoms with E-state index in [1.165, 1.54) is 16.8 Å². The molecule has 0 atom stereocenters. The molecule has 4 rings (SSSR count). The van der Waals surface area contributed by atoms with Crippen LogP contribution in [0.25, 0.3) is 11.3 Å². The molecular formula is C22H25N3O2. The quantitative estimate of drug-likeness (QED) is 0.745. The average Bonchev–Trinajstić information content (AvgIpc) is 3.09. The molecule has 1 aliphatic heterocycles. The van der Waals surface area contributed by atoms with Crippen molar-refractivity contribution in [3.63, 3.8) is 0 Å². The summed E-state index contributed by atoms with van der Waals surface area (Å²) in [4.78, 5) is 2.31. The van der Waals surface area contributed by atoms with Gasteiger partial charge in [0.25, 0.3) is 0 Å². The summed E-state index contributed by atoms with van der Waals surface area (Å²) in [5, 5.41) is 7.84. The van der Waals surface area contributed by atoms with Crippen molar-refractivity contribution in [1.29, 1.82) is 0 Å². The largest absolute Gasteiger partial charge is 0.493 e. The van der Waals surface area contributed by atoms with Crippen molar-refractivity contribution >= 4 is 0 Å². The third-order valence-electron chi connectivity index (χ3n) is 5.04. The van der Waals surface area contributed by atoms with E-state index < -0.39 is 0 Å². The molecule has 0 fully saturated rings. The van der Waals surface area contributed by atoms with E-state index in [1.54, 1.807) is 7.11 Å². The molecule has 0 amide bonds. The molecule has 1 aliphatic rings. The molecule has 2 aromatic carbocycles. The Bertz CT molecular complexity index is 948. The Kier molecular flexibility index (Phi) is 4.86. The second-order valence-electron chi connectivity index (χ2n) is 7.13. The first-order chi connectivity index (χ1) is 13.2. The number of fused-ring (bicyclic) bond motifs is 1. The van der Waals surface area contributed by atoms with Crippen LogP contribution in [0.3, 0.4) is 0 Å². The zero-order chi connectivity index (χ0) is 18.8. The van der Waals surface area contributed by atoms with Gasteiger partial charge in [-0.1, -0.05) is 35.9 Å². The Morgan fingerprint density at radius 3 is 2.85 bits per heavy atom. The van der Waals surface area contributed by atoms with E-state index in [0.717, 1.165) is 47.8 Å². The van der Waals surface area contributed by atoms with Crippen LogP contribution in [0, 0.1) is 6.92 Å². The van der Waals surface area contributed by atoms with Crippen molar-refractivity contribution in [3.8, 4) is 22.8 Å². The van der Waals surface area contributed by atoms with Gasteiger partial charge in [-0.2, -0.15) is 5.10 Å². The lowest BCUT2D eigenvalue weighted by Gasteiger charge is -2.23. The van der Waals surface area contributed by atoms with Crippen LogP contribution in [-0.2, 0) is 19.6 Å². The molecule has 3 aromatic rings. The lowest BCUT2D eigenvalue weighted by molar-refractivity contribution is 0.285. The molecule has 5 heteroatoms. The number of methoxy groups -OCH3 is 1. The van der Waals surface area contributed by atoms with Crippen LogP contribution in [0.1, 0.15) is 22.4 Å². The highest BCUT2D eigenvalue weighted by atomic mass is 16.5. The number of para-hydroxylation sites is 1. The molecule has 5 nitrogen and oxygen atoms in total. The van der Waals surface area contributed by atoms with Crippen molar-refractivity contribution in [1.82, 2.24) is 15.1 Å². The summed E-state index contributed by atoms with van der Waals surface area (Å²) in [6, 6.07) is 14.3. The fourth-order valence-electron chi connectivity index (χ4n) is 3.62. The number of benzene rings is 2. The number of nitrogens with zero attached hydrogens (tertiary/aromatic N) is 2. The predicted molar refractivity (Wildman–Crippen MR) is 106 cm³/mol. The summed E-state index contributed by atoms with van der Waals surface area (Å²) >= 11 is 0. The van der Waals surface area contributed by atoms with Crippen molar-refractivity contribution < 1.29 is 9.47 Å². The van der Waals surface area contributed by atoms with Crippen LogP contribution in [0.15, 0.2) is 42.5 Å². The Morgan fingerprint density at radius 1 is 1.19 bits per heavy atom. The number of ether oxygens (including phenoxy) is 2. The highest BCUT2D eigenvalue weighted by Gasteiger charge is 2.24. The first-order valence-corrected chi connectivity index (χ1v) is 9.26. The smallest absolute Gasteiger partial charge is 0.171 e. The van der Waals surface area contributed by atoms with Gasteiger partial charge in [0.1, 0.15) is 12.3 Å².